The highest BCUT2D eigenvalue weighted by Gasteiger charge is 2.08. The predicted octanol–water partition coefficient (Wildman–Crippen LogP) is 4.29. The zero-order valence-electron chi connectivity index (χ0n) is 12.8. The molecule has 0 aromatic heterocycles. The van der Waals surface area contributed by atoms with E-state index in [0.29, 0.717) is 21.4 Å². The predicted molar refractivity (Wildman–Crippen MR) is 101 cm³/mol. The average Bonchev–Trinajstić information content (AvgIpc) is 2.58. The van der Waals surface area contributed by atoms with Gasteiger partial charge in [0.1, 0.15) is 0 Å². The zero-order chi connectivity index (χ0) is 18.2. The summed E-state index contributed by atoms with van der Waals surface area (Å²) in [5.74, 6) is 0.616. The molecule has 0 atom stereocenters. The van der Waals surface area contributed by atoms with Crippen LogP contribution in [0.4, 0.5) is 5.69 Å². The van der Waals surface area contributed by atoms with Gasteiger partial charge >= 0.3 is 0 Å². The minimum absolute atomic E-state index is 0.101. The lowest BCUT2D eigenvalue weighted by Gasteiger charge is -2.02. The highest BCUT2D eigenvalue weighted by atomic mass is 35.5. The summed E-state index contributed by atoms with van der Waals surface area (Å²) in [6.07, 6.45) is 1.27. The van der Waals surface area contributed by atoms with Crippen LogP contribution in [0.1, 0.15) is 11.1 Å². The summed E-state index contributed by atoms with van der Waals surface area (Å²) in [7, 11) is 0. The zero-order valence-corrected chi connectivity index (χ0v) is 15.1. The Morgan fingerprint density at radius 3 is 2.64 bits per heavy atom. The maximum Gasteiger partial charge on any atom is 0.270 e. The number of amides is 1. The van der Waals surface area contributed by atoms with Crippen molar-refractivity contribution in [2.24, 2.45) is 5.10 Å². The fraction of sp³-hybridized carbons (Fsp3) is 0.125. The molecule has 6 nitrogen and oxygen atoms in total. The van der Waals surface area contributed by atoms with Gasteiger partial charge < -0.3 is 0 Å². The Bertz CT molecular complexity index is 798. The number of nitro benzene ring substituents is 1. The SMILES string of the molecule is O=C(CSCc1ccc(Cl)cc1)N/N=C/c1cc([N+](=O)[O-])ccc1Cl. The molecule has 0 radical (unpaired) electrons. The van der Waals surface area contributed by atoms with E-state index in [1.807, 2.05) is 12.1 Å². The number of hydrazone groups is 1. The summed E-state index contributed by atoms with van der Waals surface area (Å²) < 4.78 is 0. The van der Waals surface area contributed by atoms with Crippen molar-refractivity contribution in [1.29, 1.82) is 0 Å². The van der Waals surface area contributed by atoms with Crippen molar-refractivity contribution in [1.82, 2.24) is 5.43 Å². The molecule has 0 heterocycles. The van der Waals surface area contributed by atoms with Crippen LogP contribution in [0.15, 0.2) is 47.6 Å². The summed E-state index contributed by atoms with van der Waals surface area (Å²) in [6, 6.07) is 11.4. The van der Waals surface area contributed by atoms with Crippen LogP contribution in [0.2, 0.25) is 10.0 Å². The Hall–Kier alpha value is -2.09. The molecule has 1 N–H and O–H groups in total. The first kappa shape index (κ1) is 19.2. The average molecular weight is 398 g/mol. The largest absolute Gasteiger partial charge is 0.272 e. The van der Waals surface area contributed by atoms with Gasteiger partial charge in [0.05, 0.1) is 16.9 Å². The highest BCUT2D eigenvalue weighted by molar-refractivity contribution is 7.99. The maximum absolute atomic E-state index is 11.7. The van der Waals surface area contributed by atoms with Crippen molar-refractivity contribution in [2.45, 2.75) is 5.75 Å². The minimum atomic E-state index is -0.528. The Kier molecular flexibility index (Phi) is 7.24. The second kappa shape index (κ2) is 9.41. The van der Waals surface area contributed by atoms with Gasteiger partial charge in [0.2, 0.25) is 5.91 Å². The van der Waals surface area contributed by atoms with Gasteiger partial charge in [-0.15, -0.1) is 11.8 Å². The molecule has 2 rings (SSSR count). The molecule has 0 spiro atoms. The molecule has 9 heteroatoms. The normalized spacial score (nSPS) is 10.8. The molecule has 25 heavy (non-hydrogen) atoms. The molecule has 130 valence electrons. The lowest BCUT2D eigenvalue weighted by atomic mass is 10.2. The number of carbonyl (C=O) groups is 1. The van der Waals surface area contributed by atoms with E-state index in [2.05, 4.69) is 10.5 Å². The summed E-state index contributed by atoms with van der Waals surface area (Å²) in [6.45, 7) is 0. The number of non-ortho nitro benzene ring substituents is 1. The van der Waals surface area contributed by atoms with Crippen molar-refractivity contribution in [3.05, 3.63) is 73.8 Å². The monoisotopic (exact) mass is 397 g/mol. The van der Waals surface area contributed by atoms with Gasteiger partial charge in [0.25, 0.3) is 5.69 Å². The van der Waals surface area contributed by atoms with Gasteiger partial charge in [0, 0.05) is 33.5 Å². The van der Waals surface area contributed by atoms with Crippen LogP contribution in [0.3, 0.4) is 0 Å². The van der Waals surface area contributed by atoms with Crippen molar-refractivity contribution in [3.63, 3.8) is 0 Å². The number of thioether (sulfide) groups is 1. The number of nitro groups is 1. The molecule has 0 aliphatic rings. The summed E-state index contributed by atoms with van der Waals surface area (Å²) in [5.41, 5.74) is 3.68. The van der Waals surface area contributed by atoms with Crippen LogP contribution >= 0.6 is 35.0 Å². The number of rotatable bonds is 7. The van der Waals surface area contributed by atoms with Crippen LogP contribution in [-0.2, 0) is 10.5 Å². The fourth-order valence-electron chi connectivity index (χ4n) is 1.79. The van der Waals surface area contributed by atoms with Crippen molar-refractivity contribution in [3.8, 4) is 0 Å². The summed E-state index contributed by atoms with van der Waals surface area (Å²) >= 11 is 13.2. The maximum atomic E-state index is 11.7. The number of hydrogen-bond donors (Lipinski definition) is 1. The molecular weight excluding hydrogens is 385 g/mol. The molecule has 0 saturated carbocycles. The van der Waals surface area contributed by atoms with E-state index in [0.717, 1.165) is 5.56 Å². The third-order valence-corrected chi connectivity index (χ3v) is 4.60. The van der Waals surface area contributed by atoms with E-state index >= 15 is 0 Å². The van der Waals surface area contributed by atoms with E-state index in [4.69, 9.17) is 23.2 Å². The van der Waals surface area contributed by atoms with Gasteiger partial charge in [-0.2, -0.15) is 5.10 Å². The molecule has 0 saturated heterocycles. The first-order chi connectivity index (χ1) is 12.0. The van der Waals surface area contributed by atoms with E-state index in [9.17, 15) is 14.9 Å². The number of hydrogen-bond acceptors (Lipinski definition) is 5. The van der Waals surface area contributed by atoms with E-state index in [-0.39, 0.29) is 17.3 Å². The molecule has 0 aliphatic heterocycles. The first-order valence-electron chi connectivity index (χ1n) is 7.04. The van der Waals surface area contributed by atoms with E-state index < -0.39 is 4.92 Å². The lowest BCUT2D eigenvalue weighted by Crippen LogP contribution is -2.19. The van der Waals surface area contributed by atoms with E-state index in [1.165, 1.54) is 36.2 Å². The van der Waals surface area contributed by atoms with Crippen LogP contribution in [-0.4, -0.2) is 22.8 Å². The summed E-state index contributed by atoms with van der Waals surface area (Å²) in [4.78, 5) is 21.9. The number of nitrogens with one attached hydrogen (secondary N) is 1. The Morgan fingerprint density at radius 1 is 1.24 bits per heavy atom. The Labute approximate surface area is 158 Å². The second-order valence-corrected chi connectivity index (χ2v) is 6.70. The molecule has 0 aliphatic carbocycles. The van der Waals surface area contributed by atoms with Crippen LogP contribution in [0.5, 0.6) is 0 Å². The quantitative estimate of drug-likeness (QED) is 0.429. The lowest BCUT2D eigenvalue weighted by molar-refractivity contribution is -0.384. The first-order valence-corrected chi connectivity index (χ1v) is 8.95. The van der Waals surface area contributed by atoms with Gasteiger partial charge in [-0.05, 0) is 23.8 Å². The van der Waals surface area contributed by atoms with Crippen molar-refractivity contribution < 1.29 is 9.72 Å². The molecular formula is C16H13Cl2N3O3S. The topological polar surface area (TPSA) is 84.6 Å². The van der Waals surface area contributed by atoms with Crippen LogP contribution < -0.4 is 5.43 Å². The van der Waals surface area contributed by atoms with Gasteiger partial charge in [-0.1, -0.05) is 35.3 Å². The van der Waals surface area contributed by atoms with Crippen molar-refractivity contribution >= 4 is 52.8 Å². The standard InChI is InChI=1S/C16H13Cl2N3O3S/c17-13-3-1-11(2-4-13)9-25-10-16(22)20-19-8-12-7-14(21(23)24)5-6-15(12)18/h1-8H,9-10H2,(H,20,22)/b19-8+. The Morgan fingerprint density at radius 2 is 1.96 bits per heavy atom. The van der Waals surface area contributed by atoms with Gasteiger partial charge in [-0.25, -0.2) is 5.43 Å². The molecule has 0 bridgehead atoms. The second-order valence-electron chi connectivity index (χ2n) is 4.88. The Balaban J connectivity index is 1.81. The third kappa shape index (κ3) is 6.38. The molecule has 0 unspecified atom stereocenters. The molecule has 2 aromatic rings. The molecule has 1 amide bonds. The van der Waals surface area contributed by atoms with Crippen LogP contribution in [0, 0.1) is 10.1 Å². The van der Waals surface area contributed by atoms with Gasteiger partial charge in [0.15, 0.2) is 0 Å². The number of benzene rings is 2. The molecule has 2 aromatic carbocycles. The highest BCUT2D eigenvalue weighted by Crippen LogP contribution is 2.20. The van der Waals surface area contributed by atoms with Crippen molar-refractivity contribution in [2.75, 3.05) is 5.75 Å². The molecule has 0 fully saturated rings. The number of carbonyl (C=O) groups excluding carboxylic acids is 1. The number of halogens is 2. The van der Waals surface area contributed by atoms with Crippen LogP contribution in [0.25, 0.3) is 0 Å². The van der Waals surface area contributed by atoms with E-state index in [1.54, 1.807) is 12.1 Å². The summed E-state index contributed by atoms with van der Waals surface area (Å²) in [5, 5.41) is 15.5. The number of nitrogens with zero attached hydrogens (tertiary/aromatic N) is 2. The van der Waals surface area contributed by atoms with Gasteiger partial charge in [-0.3, -0.25) is 14.9 Å². The smallest absolute Gasteiger partial charge is 0.270 e. The fourth-order valence-corrected chi connectivity index (χ4v) is 2.86. The third-order valence-electron chi connectivity index (χ3n) is 3.00. The minimum Gasteiger partial charge on any atom is -0.272 e.